The summed E-state index contributed by atoms with van der Waals surface area (Å²) in [5.41, 5.74) is 0.667. The summed E-state index contributed by atoms with van der Waals surface area (Å²) in [6.07, 6.45) is 0.980. The van der Waals surface area contributed by atoms with Crippen molar-refractivity contribution in [2.24, 2.45) is 0 Å². The highest BCUT2D eigenvalue weighted by molar-refractivity contribution is 5.96. The van der Waals surface area contributed by atoms with Gasteiger partial charge in [-0.3, -0.25) is 4.79 Å². The molecule has 0 spiro atoms. The monoisotopic (exact) mass is 249 g/mol. The summed E-state index contributed by atoms with van der Waals surface area (Å²) >= 11 is 0. The molecule has 3 heteroatoms. The normalized spacial score (nSPS) is 10.7. The Morgan fingerprint density at radius 1 is 1.22 bits per heavy atom. The van der Waals surface area contributed by atoms with Crippen LogP contribution in [0.15, 0.2) is 24.3 Å². The maximum Gasteiger partial charge on any atom is 0.163 e. The van der Waals surface area contributed by atoms with Crippen molar-refractivity contribution in [3.63, 3.8) is 0 Å². The molecule has 100 valence electrons. The number of carbonyl (C=O) groups excluding carboxylic acids is 1. The minimum atomic E-state index is 0.0503. The molecular weight excluding hydrogens is 226 g/mol. The molecule has 0 unspecified atom stereocenters. The lowest BCUT2D eigenvalue weighted by molar-refractivity contribution is 0.101. The van der Waals surface area contributed by atoms with Crippen molar-refractivity contribution >= 4 is 5.78 Å². The van der Waals surface area contributed by atoms with Crippen LogP contribution in [-0.2, 0) is 0 Å². The number of hydrogen-bond donors (Lipinski definition) is 0. The fourth-order valence-corrected chi connectivity index (χ4v) is 1.89. The van der Waals surface area contributed by atoms with Gasteiger partial charge in [-0.15, -0.1) is 0 Å². The zero-order chi connectivity index (χ0) is 13.4. The summed E-state index contributed by atoms with van der Waals surface area (Å²) in [7, 11) is 0. The molecule has 1 rings (SSSR count). The maximum atomic E-state index is 11.4. The van der Waals surface area contributed by atoms with Gasteiger partial charge in [-0.25, -0.2) is 0 Å². The van der Waals surface area contributed by atoms with Crippen molar-refractivity contribution in [1.82, 2.24) is 4.90 Å². The lowest BCUT2D eigenvalue weighted by atomic mass is 10.1. The van der Waals surface area contributed by atoms with Gasteiger partial charge < -0.3 is 9.64 Å². The quantitative estimate of drug-likeness (QED) is 0.524. The first-order valence-electron chi connectivity index (χ1n) is 6.64. The second kappa shape index (κ2) is 7.88. The fraction of sp³-hybridized carbons (Fsp3) is 0.533. The van der Waals surface area contributed by atoms with Crippen LogP contribution in [0.5, 0.6) is 5.75 Å². The number of benzene rings is 1. The van der Waals surface area contributed by atoms with Crippen LogP contribution in [-0.4, -0.2) is 36.9 Å². The Labute approximate surface area is 110 Å². The Morgan fingerprint density at radius 2 is 1.89 bits per heavy atom. The van der Waals surface area contributed by atoms with Crippen LogP contribution in [0, 0.1) is 0 Å². The van der Waals surface area contributed by atoms with Crippen molar-refractivity contribution in [1.29, 1.82) is 0 Å². The molecule has 0 saturated heterocycles. The number of Topliss-reactive ketones (excluding diaryl/α,β-unsaturated/α-hetero) is 1. The Bertz CT molecular complexity index is 373. The molecule has 1 aromatic rings. The van der Waals surface area contributed by atoms with Crippen molar-refractivity contribution < 1.29 is 9.53 Å². The molecule has 0 heterocycles. The Morgan fingerprint density at radius 3 is 2.50 bits per heavy atom. The van der Waals surface area contributed by atoms with Gasteiger partial charge in [0.25, 0.3) is 0 Å². The van der Waals surface area contributed by atoms with Crippen LogP contribution in [0.1, 0.15) is 37.6 Å². The molecule has 0 N–H and O–H groups in total. The lowest BCUT2D eigenvalue weighted by Crippen LogP contribution is -2.25. The standard InChI is InChI=1S/C15H23NO2/c1-4-16(5-2)11-8-12-18-15-10-7-6-9-14(15)13(3)17/h6-7,9-10H,4-5,8,11-12H2,1-3H3. The van der Waals surface area contributed by atoms with Crippen LogP contribution in [0.3, 0.4) is 0 Å². The zero-order valence-corrected chi connectivity index (χ0v) is 11.6. The summed E-state index contributed by atoms with van der Waals surface area (Å²) in [5.74, 6) is 0.749. The smallest absolute Gasteiger partial charge is 0.163 e. The molecule has 3 nitrogen and oxygen atoms in total. The summed E-state index contributed by atoms with van der Waals surface area (Å²) in [6, 6.07) is 7.42. The van der Waals surface area contributed by atoms with Gasteiger partial charge in [0.15, 0.2) is 5.78 Å². The van der Waals surface area contributed by atoms with E-state index in [9.17, 15) is 4.79 Å². The van der Waals surface area contributed by atoms with E-state index in [0.717, 1.165) is 26.1 Å². The molecule has 0 fully saturated rings. The summed E-state index contributed by atoms with van der Waals surface area (Å²) in [6.45, 7) is 9.72. The first-order chi connectivity index (χ1) is 8.69. The van der Waals surface area contributed by atoms with Crippen molar-refractivity contribution in [2.45, 2.75) is 27.2 Å². The third kappa shape index (κ3) is 4.49. The van der Waals surface area contributed by atoms with E-state index in [1.54, 1.807) is 6.92 Å². The number of ketones is 1. The zero-order valence-electron chi connectivity index (χ0n) is 11.6. The van der Waals surface area contributed by atoms with Gasteiger partial charge >= 0.3 is 0 Å². The lowest BCUT2D eigenvalue weighted by Gasteiger charge is -2.18. The van der Waals surface area contributed by atoms with Crippen LogP contribution in [0.2, 0.25) is 0 Å². The molecular formula is C15H23NO2. The third-order valence-corrected chi connectivity index (χ3v) is 3.04. The number of para-hydroxylation sites is 1. The van der Waals surface area contributed by atoms with E-state index in [0.29, 0.717) is 17.9 Å². The molecule has 0 aromatic heterocycles. The second-order valence-corrected chi connectivity index (χ2v) is 4.28. The number of hydrogen-bond acceptors (Lipinski definition) is 3. The van der Waals surface area contributed by atoms with E-state index >= 15 is 0 Å². The average molecular weight is 249 g/mol. The predicted molar refractivity (Wildman–Crippen MR) is 74.3 cm³/mol. The number of rotatable bonds is 8. The highest BCUT2D eigenvalue weighted by atomic mass is 16.5. The van der Waals surface area contributed by atoms with Crippen LogP contribution < -0.4 is 4.74 Å². The molecule has 0 radical (unpaired) electrons. The highest BCUT2D eigenvalue weighted by Gasteiger charge is 2.07. The number of nitrogens with zero attached hydrogens (tertiary/aromatic N) is 1. The van der Waals surface area contributed by atoms with Gasteiger partial charge in [0.05, 0.1) is 12.2 Å². The van der Waals surface area contributed by atoms with E-state index in [-0.39, 0.29) is 5.78 Å². The Kier molecular flexibility index (Phi) is 6.44. The molecule has 18 heavy (non-hydrogen) atoms. The van der Waals surface area contributed by atoms with E-state index in [1.165, 1.54) is 0 Å². The Hall–Kier alpha value is -1.35. The SMILES string of the molecule is CCN(CC)CCCOc1ccccc1C(C)=O. The van der Waals surface area contributed by atoms with Gasteiger partial charge in [-0.05, 0) is 38.6 Å². The average Bonchev–Trinajstić information content (AvgIpc) is 2.39. The topological polar surface area (TPSA) is 29.5 Å². The van der Waals surface area contributed by atoms with Crippen LogP contribution in [0.25, 0.3) is 0 Å². The molecule has 0 amide bonds. The number of carbonyl (C=O) groups is 1. The first-order valence-corrected chi connectivity index (χ1v) is 6.64. The van der Waals surface area contributed by atoms with E-state index in [4.69, 9.17) is 4.74 Å². The third-order valence-electron chi connectivity index (χ3n) is 3.04. The maximum absolute atomic E-state index is 11.4. The Balaban J connectivity index is 2.42. The predicted octanol–water partition coefficient (Wildman–Crippen LogP) is 3.00. The van der Waals surface area contributed by atoms with Crippen molar-refractivity contribution in [3.05, 3.63) is 29.8 Å². The summed E-state index contributed by atoms with van der Waals surface area (Å²) < 4.78 is 5.69. The second-order valence-electron chi connectivity index (χ2n) is 4.28. The van der Waals surface area contributed by atoms with E-state index in [2.05, 4.69) is 18.7 Å². The molecule has 0 atom stereocenters. The molecule has 0 aliphatic rings. The van der Waals surface area contributed by atoms with E-state index < -0.39 is 0 Å². The minimum Gasteiger partial charge on any atom is -0.493 e. The highest BCUT2D eigenvalue weighted by Crippen LogP contribution is 2.18. The van der Waals surface area contributed by atoms with Crippen LogP contribution >= 0.6 is 0 Å². The fourth-order valence-electron chi connectivity index (χ4n) is 1.89. The number of ether oxygens (including phenoxy) is 1. The summed E-state index contributed by atoms with van der Waals surface area (Å²) in [5, 5.41) is 0. The molecule has 0 aliphatic carbocycles. The van der Waals surface area contributed by atoms with Crippen LogP contribution in [0.4, 0.5) is 0 Å². The van der Waals surface area contributed by atoms with Gasteiger partial charge in [-0.1, -0.05) is 26.0 Å². The van der Waals surface area contributed by atoms with Gasteiger partial charge in [0.1, 0.15) is 5.75 Å². The molecule has 0 bridgehead atoms. The van der Waals surface area contributed by atoms with Gasteiger partial charge in [0, 0.05) is 6.54 Å². The van der Waals surface area contributed by atoms with Gasteiger partial charge in [0.2, 0.25) is 0 Å². The summed E-state index contributed by atoms with van der Waals surface area (Å²) in [4.78, 5) is 13.8. The molecule has 1 aromatic carbocycles. The van der Waals surface area contributed by atoms with E-state index in [1.807, 2.05) is 24.3 Å². The molecule has 0 aliphatic heterocycles. The molecule has 0 saturated carbocycles. The van der Waals surface area contributed by atoms with Crippen molar-refractivity contribution in [3.8, 4) is 5.75 Å². The first kappa shape index (κ1) is 14.7. The van der Waals surface area contributed by atoms with Crippen molar-refractivity contribution in [2.75, 3.05) is 26.2 Å². The minimum absolute atomic E-state index is 0.0503. The largest absolute Gasteiger partial charge is 0.493 e. The van der Waals surface area contributed by atoms with Gasteiger partial charge in [-0.2, -0.15) is 0 Å².